The molecular weight excluding hydrogens is 288 g/mol. The molecule has 2 aromatic rings. The van der Waals surface area contributed by atoms with Crippen molar-refractivity contribution in [3.63, 3.8) is 0 Å². The van der Waals surface area contributed by atoms with Crippen LogP contribution in [0.5, 0.6) is 0 Å². The van der Waals surface area contributed by atoms with Gasteiger partial charge in [0.05, 0.1) is 11.3 Å². The van der Waals surface area contributed by atoms with Crippen LogP contribution >= 0.6 is 11.6 Å². The van der Waals surface area contributed by atoms with E-state index in [4.69, 9.17) is 16.0 Å². The zero-order chi connectivity index (χ0) is 15.5. The lowest BCUT2D eigenvalue weighted by Gasteiger charge is -2.27. The number of hydrogen-bond acceptors (Lipinski definition) is 4. The van der Waals surface area contributed by atoms with E-state index in [2.05, 4.69) is 16.8 Å². The predicted molar refractivity (Wildman–Crippen MR) is 84.2 cm³/mol. The van der Waals surface area contributed by atoms with E-state index in [0.717, 1.165) is 17.8 Å². The third-order valence-corrected chi connectivity index (χ3v) is 3.34. The molecule has 1 heterocycles. The number of rotatable bonds is 6. The molecule has 0 atom stereocenters. The second-order valence-corrected chi connectivity index (χ2v) is 6.20. The first-order chi connectivity index (χ1) is 9.87. The minimum atomic E-state index is -0.723. The number of oxazole rings is 1. The van der Waals surface area contributed by atoms with Crippen LogP contribution in [0.3, 0.4) is 0 Å². The summed E-state index contributed by atoms with van der Waals surface area (Å²) in [5, 5.41) is 10.6. The molecule has 0 spiro atoms. The van der Waals surface area contributed by atoms with Crippen molar-refractivity contribution in [3.05, 3.63) is 41.2 Å². The topological polar surface area (TPSA) is 49.5 Å². The zero-order valence-corrected chi connectivity index (χ0v) is 13.4. The van der Waals surface area contributed by atoms with E-state index in [1.165, 1.54) is 0 Å². The van der Waals surface area contributed by atoms with Gasteiger partial charge in [-0.3, -0.25) is 4.90 Å². The Morgan fingerprint density at radius 2 is 1.95 bits per heavy atom. The van der Waals surface area contributed by atoms with E-state index in [1.807, 2.05) is 24.3 Å². The van der Waals surface area contributed by atoms with Gasteiger partial charge in [-0.1, -0.05) is 18.5 Å². The Morgan fingerprint density at radius 1 is 1.29 bits per heavy atom. The van der Waals surface area contributed by atoms with Crippen molar-refractivity contribution in [2.75, 3.05) is 13.1 Å². The van der Waals surface area contributed by atoms with Gasteiger partial charge in [-0.25, -0.2) is 4.98 Å². The number of likely N-dealkylation sites (N-methyl/N-ethyl adjacent to an activating group) is 1. The van der Waals surface area contributed by atoms with Crippen LogP contribution in [-0.2, 0) is 6.54 Å². The van der Waals surface area contributed by atoms with E-state index in [9.17, 15) is 5.11 Å². The van der Waals surface area contributed by atoms with Gasteiger partial charge in [0.2, 0.25) is 5.89 Å². The van der Waals surface area contributed by atoms with Crippen molar-refractivity contribution in [2.45, 2.75) is 32.9 Å². The molecule has 0 bridgehead atoms. The van der Waals surface area contributed by atoms with E-state index in [-0.39, 0.29) is 0 Å². The predicted octanol–water partition coefficient (Wildman–Crippen LogP) is 3.59. The highest BCUT2D eigenvalue weighted by atomic mass is 35.5. The highest BCUT2D eigenvalue weighted by Crippen LogP contribution is 2.21. The third kappa shape index (κ3) is 4.84. The van der Waals surface area contributed by atoms with Gasteiger partial charge >= 0.3 is 0 Å². The van der Waals surface area contributed by atoms with Gasteiger partial charge < -0.3 is 9.52 Å². The summed E-state index contributed by atoms with van der Waals surface area (Å²) in [6, 6.07) is 7.39. The zero-order valence-electron chi connectivity index (χ0n) is 12.6. The first kappa shape index (κ1) is 16.0. The molecule has 0 saturated carbocycles. The Hall–Kier alpha value is -1.36. The Kier molecular flexibility index (Phi) is 5.04. The van der Waals surface area contributed by atoms with Gasteiger partial charge in [0.1, 0.15) is 6.26 Å². The van der Waals surface area contributed by atoms with Crippen LogP contribution in [0.1, 0.15) is 26.5 Å². The maximum atomic E-state index is 9.91. The Bertz CT molecular complexity index is 573. The molecule has 0 amide bonds. The largest absolute Gasteiger partial charge is 0.444 e. The van der Waals surface area contributed by atoms with Gasteiger partial charge in [-0.15, -0.1) is 0 Å². The number of aliphatic hydroxyl groups is 1. The molecule has 1 aromatic carbocycles. The molecule has 0 aliphatic heterocycles. The first-order valence-corrected chi connectivity index (χ1v) is 7.40. The Labute approximate surface area is 130 Å². The summed E-state index contributed by atoms with van der Waals surface area (Å²) in [6.07, 6.45) is 1.66. The van der Waals surface area contributed by atoms with Crippen molar-refractivity contribution in [1.82, 2.24) is 9.88 Å². The summed E-state index contributed by atoms with van der Waals surface area (Å²) in [6.45, 7) is 7.75. The average Bonchev–Trinajstić information content (AvgIpc) is 2.85. The molecule has 0 fully saturated rings. The summed E-state index contributed by atoms with van der Waals surface area (Å²) >= 11 is 5.87. The molecule has 5 heteroatoms. The molecule has 21 heavy (non-hydrogen) atoms. The molecule has 1 aromatic heterocycles. The highest BCUT2D eigenvalue weighted by Gasteiger charge is 2.18. The number of aromatic nitrogens is 1. The molecule has 0 aliphatic rings. The Morgan fingerprint density at radius 3 is 2.52 bits per heavy atom. The number of halogens is 1. The van der Waals surface area contributed by atoms with Crippen LogP contribution in [0, 0.1) is 0 Å². The van der Waals surface area contributed by atoms with Crippen LogP contribution in [0.25, 0.3) is 11.5 Å². The molecule has 0 unspecified atom stereocenters. The van der Waals surface area contributed by atoms with Crippen LogP contribution in [-0.4, -0.2) is 33.7 Å². The molecule has 114 valence electrons. The van der Waals surface area contributed by atoms with E-state index >= 15 is 0 Å². The normalized spacial score (nSPS) is 12.1. The minimum Gasteiger partial charge on any atom is -0.444 e. The van der Waals surface area contributed by atoms with Crippen molar-refractivity contribution in [2.24, 2.45) is 0 Å². The minimum absolute atomic E-state index is 0.584. The smallest absolute Gasteiger partial charge is 0.226 e. The molecule has 1 N–H and O–H groups in total. The van der Waals surface area contributed by atoms with Crippen LogP contribution in [0.4, 0.5) is 0 Å². The molecule has 4 nitrogen and oxygen atoms in total. The maximum Gasteiger partial charge on any atom is 0.226 e. The molecular formula is C16H21ClN2O2. The quantitative estimate of drug-likeness (QED) is 0.886. The number of benzene rings is 1. The molecule has 0 radical (unpaired) electrons. The fourth-order valence-corrected chi connectivity index (χ4v) is 2.29. The van der Waals surface area contributed by atoms with Crippen molar-refractivity contribution < 1.29 is 9.52 Å². The van der Waals surface area contributed by atoms with Crippen molar-refractivity contribution in [1.29, 1.82) is 0 Å². The average molecular weight is 309 g/mol. The van der Waals surface area contributed by atoms with E-state index in [0.29, 0.717) is 24.0 Å². The number of nitrogens with zero attached hydrogens (tertiary/aromatic N) is 2. The summed E-state index contributed by atoms with van der Waals surface area (Å²) < 4.78 is 5.52. The molecule has 0 saturated heterocycles. The lowest BCUT2D eigenvalue weighted by molar-refractivity contribution is 0.0349. The van der Waals surface area contributed by atoms with Crippen molar-refractivity contribution >= 4 is 11.6 Å². The van der Waals surface area contributed by atoms with E-state index in [1.54, 1.807) is 20.1 Å². The Balaban J connectivity index is 2.07. The van der Waals surface area contributed by atoms with Gasteiger partial charge in [-0.05, 0) is 44.7 Å². The summed E-state index contributed by atoms with van der Waals surface area (Å²) in [5.41, 5.74) is 1.03. The second kappa shape index (κ2) is 6.60. The lowest BCUT2D eigenvalue weighted by atomic mass is 10.1. The lowest BCUT2D eigenvalue weighted by Crippen LogP contribution is -2.38. The van der Waals surface area contributed by atoms with Gasteiger partial charge in [0.25, 0.3) is 0 Å². The highest BCUT2D eigenvalue weighted by molar-refractivity contribution is 6.30. The SMILES string of the molecule is CCN(Cc1coc(-c2ccc(Cl)cc2)n1)CC(C)(C)O. The van der Waals surface area contributed by atoms with Gasteiger partial charge in [-0.2, -0.15) is 0 Å². The van der Waals surface area contributed by atoms with Crippen LogP contribution < -0.4 is 0 Å². The van der Waals surface area contributed by atoms with E-state index < -0.39 is 5.60 Å². The summed E-state index contributed by atoms with van der Waals surface area (Å²) in [7, 11) is 0. The second-order valence-electron chi connectivity index (χ2n) is 5.77. The van der Waals surface area contributed by atoms with Gasteiger partial charge in [0, 0.05) is 23.7 Å². The third-order valence-electron chi connectivity index (χ3n) is 3.09. The van der Waals surface area contributed by atoms with Crippen molar-refractivity contribution in [3.8, 4) is 11.5 Å². The molecule has 0 aliphatic carbocycles. The summed E-state index contributed by atoms with van der Waals surface area (Å²) in [5.74, 6) is 0.584. The summed E-state index contributed by atoms with van der Waals surface area (Å²) in [4.78, 5) is 6.62. The fraction of sp³-hybridized carbons (Fsp3) is 0.438. The monoisotopic (exact) mass is 308 g/mol. The van der Waals surface area contributed by atoms with Crippen LogP contribution in [0.2, 0.25) is 5.02 Å². The first-order valence-electron chi connectivity index (χ1n) is 7.02. The fourth-order valence-electron chi connectivity index (χ4n) is 2.16. The maximum absolute atomic E-state index is 9.91. The number of hydrogen-bond donors (Lipinski definition) is 1. The van der Waals surface area contributed by atoms with Crippen LogP contribution in [0.15, 0.2) is 34.9 Å². The molecule has 2 rings (SSSR count). The van der Waals surface area contributed by atoms with Gasteiger partial charge in [0.15, 0.2) is 0 Å². The standard InChI is InChI=1S/C16H21ClN2O2/c1-4-19(11-16(2,3)20)9-14-10-21-15(18-14)12-5-7-13(17)8-6-12/h5-8,10,20H,4,9,11H2,1-3H3.